The molecule has 7 heteroatoms. The first kappa shape index (κ1) is 21.9. The molecule has 0 radical (unpaired) electrons. The quantitative estimate of drug-likeness (QED) is 0.452. The van der Waals surface area contributed by atoms with Crippen molar-refractivity contribution < 1.29 is 19.0 Å². The maximum absolute atomic E-state index is 14.2. The number of pyridine rings is 1. The SMILES string of the molecule is COc1ccc(C(CC(=O)O)c2cc(CCCc3ccc4c(n3)NCCC4)c[nH]2)cc1F. The van der Waals surface area contributed by atoms with Gasteiger partial charge in [0.1, 0.15) is 5.82 Å². The Balaban J connectivity index is 1.42. The molecule has 0 spiro atoms. The molecule has 1 aliphatic rings. The van der Waals surface area contributed by atoms with Gasteiger partial charge < -0.3 is 20.1 Å². The molecular weight excluding hydrogens is 409 g/mol. The van der Waals surface area contributed by atoms with E-state index in [1.165, 1.54) is 24.8 Å². The predicted molar refractivity (Wildman–Crippen MR) is 121 cm³/mol. The fraction of sp³-hybridized carbons (Fsp3) is 0.360. The van der Waals surface area contributed by atoms with Crippen LogP contribution >= 0.6 is 0 Å². The summed E-state index contributed by atoms with van der Waals surface area (Å²) in [5, 5.41) is 12.8. The summed E-state index contributed by atoms with van der Waals surface area (Å²) >= 11 is 0. The van der Waals surface area contributed by atoms with Crippen LogP contribution in [0.2, 0.25) is 0 Å². The highest BCUT2D eigenvalue weighted by Gasteiger charge is 2.21. The Bertz CT molecular complexity index is 1100. The van der Waals surface area contributed by atoms with E-state index in [2.05, 4.69) is 22.4 Å². The molecule has 0 bridgehead atoms. The lowest BCUT2D eigenvalue weighted by atomic mass is 9.92. The van der Waals surface area contributed by atoms with Gasteiger partial charge in [-0.3, -0.25) is 4.79 Å². The maximum Gasteiger partial charge on any atom is 0.304 e. The molecule has 168 valence electrons. The highest BCUT2D eigenvalue weighted by molar-refractivity contribution is 5.69. The van der Waals surface area contributed by atoms with Gasteiger partial charge in [-0.05, 0) is 73.1 Å². The van der Waals surface area contributed by atoms with Gasteiger partial charge in [-0.2, -0.15) is 0 Å². The van der Waals surface area contributed by atoms with Gasteiger partial charge in [0.2, 0.25) is 0 Å². The first-order chi connectivity index (χ1) is 15.5. The molecule has 0 amide bonds. The van der Waals surface area contributed by atoms with Crippen LogP contribution in [0.1, 0.15) is 53.3 Å². The number of benzene rings is 1. The number of aromatic amines is 1. The molecule has 0 aliphatic carbocycles. The number of carbonyl (C=O) groups is 1. The number of halogens is 1. The molecule has 3 N–H and O–H groups in total. The summed E-state index contributed by atoms with van der Waals surface area (Å²) in [5.41, 5.74) is 4.83. The number of fused-ring (bicyclic) bond motifs is 1. The summed E-state index contributed by atoms with van der Waals surface area (Å²) in [6.07, 6.45) is 6.66. The van der Waals surface area contributed by atoms with Crippen molar-refractivity contribution in [1.29, 1.82) is 0 Å². The summed E-state index contributed by atoms with van der Waals surface area (Å²) in [6.45, 7) is 0.977. The number of aromatic nitrogens is 2. The number of methoxy groups -OCH3 is 1. The maximum atomic E-state index is 14.2. The Morgan fingerprint density at radius 1 is 1.25 bits per heavy atom. The molecule has 0 saturated carbocycles. The Hall–Kier alpha value is -3.35. The largest absolute Gasteiger partial charge is 0.494 e. The molecule has 1 atom stereocenters. The van der Waals surface area contributed by atoms with E-state index < -0.39 is 17.7 Å². The normalized spacial score (nSPS) is 13.8. The van der Waals surface area contributed by atoms with Crippen LogP contribution in [-0.4, -0.2) is 34.7 Å². The van der Waals surface area contributed by atoms with E-state index in [0.29, 0.717) is 5.56 Å². The van der Waals surface area contributed by atoms with Crippen LogP contribution < -0.4 is 10.1 Å². The number of carboxylic acid groups (broad SMARTS) is 1. The molecule has 3 aromatic rings. The number of anilines is 1. The van der Waals surface area contributed by atoms with E-state index in [4.69, 9.17) is 9.72 Å². The van der Waals surface area contributed by atoms with E-state index in [1.54, 1.807) is 6.07 Å². The minimum Gasteiger partial charge on any atom is -0.494 e. The first-order valence-electron chi connectivity index (χ1n) is 11.0. The van der Waals surface area contributed by atoms with Crippen molar-refractivity contribution in [3.05, 3.63) is 76.5 Å². The second-order valence-electron chi connectivity index (χ2n) is 8.20. The third kappa shape index (κ3) is 5.10. The Morgan fingerprint density at radius 2 is 2.12 bits per heavy atom. The second kappa shape index (κ2) is 9.85. The summed E-state index contributed by atoms with van der Waals surface area (Å²) in [6, 6.07) is 10.9. The van der Waals surface area contributed by atoms with Crippen molar-refractivity contribution >= 4 is 11.8 Å². The zero-order valence-corrected chi connectivity index (χ0v) is 18.2. The third-order valence-electron chi connectivity index (χ3n) is 5.95. The number of nitrogens with one attached hydrogen (secondary N) is 2. The van der Waals surface area contributed by atoms with E-state index in [9.17, 15) is 14.3 Å². The summed E-state index contributed by atoms with van der Waals surface area (Å²) in [5.74, 6) is -0.745. The average molecular weight is 438 g/mol. The third-order valence-corrected chi connectivity index (χ3v) is 5.95. The Kier molecular flexibility index (Phi) is 6.73. The van der Waals surface area contributed by atoms with Crippen molar-refractivity contribution in [3.63, 3.8) is 0 Å². The number of hydrogen-bond acceptors (Lipinski definition) is 4. The molecule has 1 aliphatic heterocycles. The number of aliphatic carboxylic acids is 1. The van der Waals surface area contributed by atoms with Gasteiger partial charge in [0.15, 0.2) is 11.6 Å². The monoisotopic (exact) mass is 437 g/mol. The minimum atomic E-state index is -0.936. The highest BCUT2D eigenvalue weighted by Crippen LogP contribution is 2.31. The van der Waals surface area contributed by atoms with Gasteiger partial charge in [-0.1, -0.05) is 12.1 Å². The molecule has 32 heavy (non-hydrogen) atoms. The molecule has 4 rings (SSSR count). The number of carboxylic acids is 1. The number of hydrogen-bond donors (Lipinski definition) is 3. The smallest absolute Gasteiger partial charge is 0.304 e. The molecule has 6 nitrogen and oxygen atoms in total. The number of H-pyrrole nitrogens is 1. The van der Waals surface area contributed by atoms with Gasteiger partial charge in [0.25, 0.3) is 0 Å². The van der Waals surface area contributed by atoms with Gasteiger partial charge in [0, 0.05) is 30.0 Å². The van der Waals surface area contributed by atoms with Crippen molar-refractivity contribution in [3.8, 4) is 5.75 Å². The summed E-state index contributed by atoms with van der Waals surface area (Å²) in [7, 11) is 1.40. The highest BCUT2D eigenvalue weighted by atomic mass is 19.1. The van der Waals surface area contributed by atoms with Crippen LogP contribution in [-0.2, 0) is 24.1 Å². The number of ether oxygens (including phenoxy) is 1. The van der Waals surface area contributed by atoms with Crippen LogP contribution in [0.25, 0.3) is 0 Å². The van der Waals surface area contributed by atoms with Gasteiger partial charge in [-0.25, -0.2) is 9.37 Å². The number of aryl methyl sites for hydroxylation is 3. The van der Waals surface area contributed by atoms with Gasteiger partial charge in [-0.15, -0.1) is 0 Å². The van der Waals surface area contributed by atoms with Crippen LogP contribution in [0, 0.1) is 5.82 Å². The van der Waals surface area contributed by atoms with Crippen LogP contribution in [0.15, 0.2) is 42.6 Å². The molecule has 2 aromatic heterocycles. The lowest BCUT2D eigenvalue weighted by molar-refractivity contribution is -0.137. The molecule has 1 aromatic carbocycles. The Labute approximate surface area is 186 Å². The topological polar surface area (TPSA) is 87.2 Å². The summed E-state index contributed by atoms with van der Waals surface area (Å²) < 4.78 is 19.2. The number of nitrogens with zero attached hydrogens (tertiary/aromatic N) is 1. The lowest BCUT2D eigenvalue weighted by Gasteiger charge is -2.17. The van der Waals surface area contributed by atoms with E-state index >= 15 is 0 Å². The van der Waals surface area contributed by atoms with Crippen LogP contribution in [0.3, 0.4) is 0 Å². The molecule has 3 heterocycles. The Morgan fingerprint density at radius 3 is 2.91 bits per heavy atom. The molecular formula is C25H28FN3O3. The van der Waals surface area contributed by atoms with Crippen molar-refractivity contribution in [2.75, 3.05) is 19.0 Å². The second-order valence-corrected chi connectivity index (χ2v) is 8.20. The first-order valence-corrected chi connectivity index (χ1v) is 11.0. The van der Waals surface area contributed by atoms with Crippen molar-refractivity contribution in [2.45, 2.75) is 44.4 Å². The molecule has 0 saturated heterocycles. The zero-order chi connectivity index (χ0) is 22.5. The van der Waals surface area contributed by atoms with E-state index in [1.807, 2.05) is 12.3 Å². The van der Waals surface area contributed by atoms with Crippen LogP contribution in [0.4, 0.5) is 10.2 Å². The zero-order valence-electron chi connectivity index (χ0n) is 18.2. The van der Waals surface area contributed by atoms with E-state index in [0.717, 1.165) is 61.4 Å². The predicted octanol–water partition coefficient (Wildman–Crippen LogP) is 4.70. The fourth-order valence-corrected chi connectivity index (χ4v) is 4.27. The molecule has 1 unspecified atom stereocenters. The van der Waals surface area contributed by atoms with Crippen molar-refractivity contribution in [1.82, 2.24) is 9.97 Å². The standard InChI is InChI=1S/C25H28FN3O3/c1-32-23-10-8-18(13-21(23)26)20(14-24(30)31)22-12-16(15-28-22)4-2-6-19-9-7-17-5-3-11-27-25(17)29-19/h7-10,12-13,15,20,28H,2-6,11,14H2,1H3,(H,27,29)(H,30,31). The number of rotatable bonds is 9. The van der Waals surface area contributed by atoms with E-state index in [-0.39, 0.29) is 12.2 Å². The summed E-state index contributed by atoms with van der Waals surface area (Å²) in [4.78, 5) is 19.4. The lowest BCUT2D eigenvalue weighted by Crippen LogP contribution is -2.14. The minimum absolute atomic E-state index is 0.127. The van der Waals surface area contributed by atoms with Gasteiger partial charge in [0.05, 0.1) is 13.5 Å². The van der Waals surface area contributed by atoms with Crippen LogP contribution in [0.5, 0.6) is 5.75 Å². The van der Waals surface area contributed by atoms with Gasteiger partial charge >= 0.3 is 5.97 Å². The van der Waals surface area contributed by atoms with Crippen molar-refractivity contribution in [2.24, 2.45) is 0 Å². The molecule has 0 fully saturated rings. The fourth-order valence-electron chi connectivity index (χ4n) is 4.27. The average Bonchev–Trinajstić information content (AvgIpc) is 3.26.